The molecule has 2 N–H and O–H groups in total. The largest absolute Gasteiger partial charge is 0.495 e. The first kappa shape index (κ1) is 15.4. The zero-order valence-electron chi connectivity index (χ0n) is 11.4. The zero-order chi connectivity index (χ0) is 15.4. The Morgan fingerprint density at radius 2 is 2.00 bits per heavy atom. The van der Waals surface area contributed by atoms with Crippen LogP contribution in [-0.4, -0.2) is 25.0 Å². The molecule has 110 valence electrons. The lowest BCUT2D eigenvalue weighted by Crippen LogP contribution is -2.12. The standard InChI is InChI=1S/C14H13Cl2N3O2/c1-17-13-11(16)5-8(7-18-13)14(20)19-9-3-4-12(21-2)10(15)6-9/h3-7H,1-2H3,(H,17,18)(H,19,20). The minimum atomic E-state index is -0.326. The number of methoxy groups -OCH3 is 1. The maximum atomic E-state index is 12.1. The van der Waals surface area contributed by atoms with Gasteiger partial charge in [0.25, 0.3) is 5.91 Å². The molecule has 0 aliphatic rings. The number of halogens is 2. The van der Waals surface area contributed by atoms with Gasteiger partial charge < -0.3 is 15.4 Å². The van der Waals surface area contributed by atoms with Crippen molar-refractivity contribution in [2.24, 2.45) is 0 Å². The van der Waals surface area contributed by atoms with Gasteiger partial charge in [0, 0.05) is 18.9 Å². The monoisotopic (exact) mass is 325 g/mol. The van der Waals surface area contributed by atoms with Crippen LogP contribution in [0.5, 0.6) is 5.75 Å². The molecule has 0 bridgehead atoms. The molecule has 0 radical (unpaired) electrons. The third-order valence-electron chi connectivity index (χ3n) is 2.75. The van der Waals surface area contributed by atoms with E-state index in [1.54, 1.807) is 31.3 Å². The fraction of sp³-hybridized carbons (Fsp3) is 0.143. The van der Waals surface area contributed by atoms with E-state index in [9.17, 15) is 4.79 Å². The predicted octanol–water partition coefficient (Wildman–Crippen LogP) is 3.69. The molecule has 2 rings (SSSR count). The minimum Gasteiger partial charge on any atom is -0.495 e. The number of pyridine rings is 1. The van der Waals surface area contributed by atoms with Crippen LogP contribution in [0.25, 0.3) is 0 Å². The van der Waals surface area contributed by atoms with Crippen molar-refractivity contribution in [3.63, 3.8) is 0 Å². The van der Waals surface area contributed by atoms with Crippen molar-refractivity contribution in [2.75, 3.05) is 24.8 Å². The van der Waals surface area contributed by atoms with Gasteiger partial charge in [0.05, 0.1) is 22.7 Å². The number of anilines is 2. The van der Waals surface area contributed by atoms with E-state index in [4.69, 9.17) is 27.9 Å². The summed E-state index contributed by atoms with van der Waals surface area (Å²) in [4.78, 5) is 16.2. The lowest BCUT2D eigenvalue weighted by atomic mass is 10.2. The molecule has 1 aromatic heterocycles. The Balaban J connectivity index is 2.18. The summed E-state index contributed by atoms with van der Waals surface area (Å²) >= 11 is 12.0. The number of benzene rings is 1. The Morgan fingerprint density at radius 1 is 1.24 bits per heavy atom. The summed E-state index contributed by atoms with van der Waals surface area (Å²) in [7, 11) is 3.23. The number of aromatic nitrogens is 1. The van der Waals surface area contributed by atoms with Crippen molar-refractivity contribution in [3.8, 4) is 5.75 Å². The number of amides is 1. The SMILES string of the molecule is CNc1ncc(C(=O)Nc2ccc(OC)c(Cl)c2)cc1Cl. The van der Waals surface area contributed by atoms with E-state index in [0.717, 1.165) is 0 Å². The van der Waals surface area contributed by atoms with Crippen LogP contribution in [0.2, 0.25) is 10.0 Å². The number of nitrogens with zero attached hydrogens (tertiary/aromatic N) is 1. The first-order chi connectivity index (χ1) is 10.0. The molecule has 5 nitrogen and oxygen atoms in total. The Labute approximate surface area is 132 Å². The van der Waals surface area contributed by atoms with Crippen LogP contribution in [0.1, 0.15) is 10.4 Å². The van der Waals surface area contributed by atoms with Crippen LogP contribution >= 0.6 is 23.2 Å². The molecule has 2 aromatic rings. The molecule has 1 aromatic carbocycles. The summed E-state index contributed by atoms with van der Waals surface area (Å²) in [5.74, 6) is 0.728. The van der Waals surface area contributed by atoms with Crippen molar-refractivity contribution in [1.29, 1.82) is 0 Å². The number of hydrogen-bond acceptors (Lipinski definition) is 4. The second-order valence-corrected chi connectivity index (χ2v) is 4.92. The molecule has 0 saturated heterocycles. The van der Waals surface area contributed by atoms with Crippen LogP contribution in [0.3, 0.4) is 0 Å². The molecular formula is C14H13Cl2N3O2. The number of hydrogen-bond donors (Lipinski definition) is 2. The fourth-order valence-electron chi connectivity index (χ4n) is 1.69. The lowest BCUT2D eigenvalue weighted by molar-refractivity contribution is 0.102. The highest BCUT2D eigenvalue weighted by Crippen LogP contribution is 2.27. The summed E-state index contributed by atoms with van der Waals surface area (Å²) < 4.78 is 5.05. The molecule has 0 fully saturated rings. The van der Waals surface area contributed by atoms with Gasteiger partial charge in [-0.2, -0.15) is 0 Å². The summed E-state index contributed by atoms with van der Waals surface area (Å²) in [5, 5.41) is 6.33. The average molecular weight is 326 g/mol. The van der Waals surface area contributed by atoms with Crippen molar-refractivity contribution in [2.45, 2.75) is 0 Å². The molecular weight excluding hydrogens is 313 g/mol. The Hall–Kier alpha value is -1.98. The molecule has 7 heteroatoms. The van der Waals surface area contributed by atoms with E-state index in [2.05, 4.69) is 15.6 Å². The summed E-state index contributed by atoms with van der Waals surface area (Å²) in [6.45, 7) is 0. The maximum Gasteiger partial charge on any atom is 0.257 e. The van der Waals surface area contributed by atoms with Gasteiger partial charge in [0.15, 0.2) is 0 Å². The first-order valence-electron chi connectivity index (χ1n) is 6.03. The third kappa shape index (κ3) is 3.56. The molecule has 1 heterocycles. The molecule has 0 unspecified atom stereocenters. The molecule has 0 saturated carbocycles. The van der Waals surface area contributed by atoms with Crippen molar-refractivity contribution in [3.05, 3.63) is 46.1 Å². The Bertz CT molecular complexity index is 677. The molecule has 0 aliphatic carbocycles. The number of carbonyl (C=O) groups is 1. The normalized spacial score (nSPS) is 10.1. The highest BCUT2D eigenvalue weighted by atomic mass is 35.5. The average Bonchev–Trinajstić information content (AvgIpc) is 2.47. The highest BCUT2D eigenvalue weighted by molar-refractivity contribution is 6.33. The van der Waals surface area contributed by atoms with Gasteiger partial charge in [-0.3, -0.25) is 4.79 Å². The second-order valence-electron chi connectivity index (χ2n) is 4.11. The van der Waals surface area contributed by atoms with Gasteiger partial charge in [0.1, 0.15) is 11.6 Å². The van der Waals surface area contributed by atoms with Crippen molar-refractivity contribution < 1.29 is 9.53 Å². The highest BCUT2D eigenvalue weighted by Gasteiger charge is 2.11. The third-order valence-corrected chi connectivity index (χ3v) is 3.33. The molecule has 0 atom stereocenters. The van der Waals surface area contributed by atoms with E-state index in [1.807, 2.05) is 0 Å². The lowest BCUT2D eigenvalue weighted by Gasteiger charge is -2.09. The summed E-state index contributed by atoms with van der Waals surface area (Å²) in [6.07, 6.45) is 1.44. The Kier molecular flexibility index (Phi) is 4.88. The molecule has 21 heavy (non-hydrogen) atoms. The molecule has 0 spiro atoms. The fourth-order valence-corrected chi connectivity index (χ4v) is 2.21. The van der Waals surface area contributed by atoms with Crippen LogP contribution in [-0.2, 0) is 0 Å². The first-order valence-corrected chi connectivity index (χ1v) is 6.79. The molecule has 0 aliphatic heterocycles. The number of rotatable bonds is 4. The predicted molar refractivity (Wildman–Crippen MR) is 84.8 cm³/mol. The number of ether oxygens (including phenoxy) is 1. The quantitative estimate of drug-likeness (QED) is 0.899. The van der Waals surface area contributed by atoms with Crippen LogP contribution in [0, 0.1) is 0 Å². The van der Waals surface area contributed by atoms with Gasteiger partial charge in [-0.1, -0.05) is 23.2 Å². The van der Waals surface area contributed by atoms with E-state index in [0.29, 0.717) is 32.9 Å². The van der Waals surface area contributed by atoms with Crippen LogP contribution in [0.4, 0.5) is 11.5 Å². The van der Waals surface area contributed by atoms with Crippen LogP contribution < -0.4 is 15.4 Å². The second kappa shape index (κ2) is 6.65. The van der Waals surface area contributed by atoms with Gasteiger partial charge in [-0.25, -0.2) is 4.98 Å². The van der Waals surface area contributed by atoms with Gasteiger partial charge in [-0.15, -0.1) is 0 Å². The van der Waals surface area contributed by atoms with Crippen molar-refractivity contribution >= 4 is 40.6 Å². The minimum absolute atomic E-state index is 0.326. The number of nitrogens with one attached hydrogen (secondary N) is 2. The smallest absolute Gasteiger partial charge is 0.257 e. The summed E-state index contributed by atoms with van der Waals surface area (Å²) in [6, 6.07) is 6.52. The van der Waals surface area contributed by atoms with Crippen molar-refractivity contribution in [1.82, 2.24) is 4.98 Å². The number of carbonyl (C=O) groups excluding carboxylic acids is 1. The van der Waals surface area contributed by atoms with Crippen LogP contribution in [0.15, 0.2) is 30.5 Å². The van der Waals surface area contributed by atoms with E-state index in [1.165, 1.54) is 13.3 Å². The summed E-state index contributed by atoms with van der Waals surface area (Å²) in [5.41, 5.74) is 0.908. The maximum absolute atomic E-state index is 12.1. The zero-order valence-corrected chi connectivity index (χ0v) is 12.9. The topological polar surface area (TPSA) is 63.2 Å². The molecule has 1 amide bonds. The van der Waals surface area contributed by atoms with Gasteiger partial charge in [-0.05, 0) is 24.3 Å². The van der Waals surface area contributed by atoms with Gasteiger partial charge in [0.2, 0.25) is 0 Å². The van der Waals surface area contributed by atoms with E-state index < -0.39 is 0 Å². The Morgan fingerprint density at radius 3 is 2.57 bits per heavy atom. The van der Waals surface area contributed by atoms with Gasteiger partial charge >= 0.3 is 0 Å². The van der Waals surface area contributed by atoms with E-state index >= 15 is 0 Å². The van der Waals surface area contributed by atoms with E-state index in [-0.39, 0.29) is 5.91 Å².